The molecule has 0 atom stereocenters. The number of ether oxygens (including phenoxy) is 1. The van der Waals surface area contributed by atoms with E-state index in [0.717, 1.165) is 25.0 Å². The van der Waals surface area contributed by atoms with E-state index in [1.165, 1.54) is 6.07 Å². The molecule has 104 valence electrons. The number of hydrogen-bond donors (Lipinski definition) is 1. The molecule has 1 aromatic carbocycles. The van der Waals surface area contributed by atoms with Crippen LogP contribution < -0.4 is 5.32 Å². The lowest BCUT2D eigenvalue weighted by Gasteiger charge is -2.11. The Bertz CT molecular complexity index is 452. The number of alkyl halides is 3. The largest absolute Gasteiger partial charge is 0.416 e. The van der Waals surface area contributed by atoms with Crippen LogP contribution in [0.1, 0.15) is 24.0 Å². The van der Waals surface area contributed by atoms with E-state index in [1.807, 2.05) is 0 Å². The summed E-state index contributed by atoms with van der Waals surface area (Å²) >= 11 is 0. The van der Waals surface area contributed by atoms with Crippen molar-refractivity contribution in [1.82, 2.24) is 0 Å². The molecule has 0 radical (unpaired) electrons. The van der Waals surface area contributed by atoms with Gasteiger partial charge in [-0.15, -0.1) is 0 Å². The number of halogens is 3. The molecular formula is C13H15F3N2O. The highest BCUT2D eigenvalue weighted by Gasteiger charge is 2.30. The summed E-state index contributed by atoms with van der Waals surface area (Å²) in [5, 5.41) is 11.8. The van der Waals surface area contributed by atoms with E-state index in [2.05, 4.69) is 5.32 Å². The quantitative estimate of drug-likeness (QED) is 0.807. The van der Waals surface area contributed by atoms with Gasteiger partial charge in [0, 0.05) is 20.3 Å². The molecule has 0 bridgehead atoms. The number of nitrogens with zero attached hydrogens (tertiary/aromatic N) is 1. The summed E-state index contributed by atoms with van der Waals surface area (Å²) in [7, 11) is 1.61. The number of nitrogens with one attached hydrogen (secondary N) is 1. The summed E-state index contributed by atoms with van der Waals surface area (Å²) < 4.78 is 42.3. The Morgan fingerprint density at radius 2 is 2.05 bits per heavy atom. The number of unbranched alkanes of at least 4 members (excludes halogenated alkanes) is 1. The molecule has 3 nitrogen and oxygen atoms in total. The Labute approximate surface area is 110 Å². The van der Waals surface area contributed by atoms with E-state index in [1.54, 1.807) is 13.2 Å². The fourth-order valence-corrected chi connectivity index (χ4v) is 1.56. The molecule has 0 aliphatic carbocycles. The zero-order valence-electron chi connectivity index (χ0n) is 10.5. The van der Waals surface area contributed by atoms with E-state index in [-0.39, 0.29) is 5.56 Å². The maximum Gasteiger partial charge on any atom is 0.416 e. The van der Waals surface area contributed by atoms with Crippen LogP contribution in [0.25, 0.3) is 0 Å². The average molecular weight is 272 g/mol. The molecule has 1 N–H and O–H groups in total. The molecule has 0 unspecified atom stereocenters. The van der Waals surface area contributed by atoms with E-state index in [0.29, 0.717) is 18.8 Å². The highest BCUT2D eigenvalue weighted by atomic mass is 19.4. The summed E-state index contributed by atoms with van der Waals surface area (Å²) in [6.07, 6.45) is -2.76. The predicted octanol–water partition coefficient (Wildman–Crippen LogP) is 3.42. The predicted molar refractivity (Wildman–Crippen MR) is 65.8 cm³/mol. The first-order valence-corrected chi connectivity index (χ1v) is 5.83. The highest BCUT2D eigenvalue weighted by molar-refractivity contribution is 5.58. The second-order valence-electron chi connectivity index (χ2n) is 4.00. The first-order chi connectivity index (χ1) is 8.99. The van der Waals surface area contributed by atoms with Crippen molar-refractivity contribution in [2.24, 2.45) is 0 Å². The lowest BCUT2D eigenvalue weighted by Crippen LogP contribution is -2.08. The molecule has 0 saturated carbocycles. The monoisotopic (exact) mass is 272 g/mol. The maximum absolute atomic E-state index is 12.5. The van der Waals surface area contributed by atoms with Crippen molar-refractivity contribution in [1.29, 1.82) is 5.26 Å². The molecule has 1 rings (SSSR count). The summed E-state index contributed by atoms with van der Waals surface area (Å²) in [5.74, 6) is 0. The summed E-state index contributed by atoms with van der Waals surface area (Å²) in [6.45, 7) is 1.23. The van der Waals surface area contributed by atoms with Crippen molar-refractivity contribution in [3.8, 4) is 6.07 Å². The number of benzene rings is 1. The number of hydrogen-bond acceptors (Lipinski definition) is 3. The topological polar surface area (TPSA) is 45.0 Å². The first-order valence-electron chi connectivity index (χ1n) is 5.83. The molecule has 0 fully saturated rings. The van der Waals surface area contributed by atoms with Crippen LogP contribution in [0, 0.1) is 11.3 Å². The van der Waals surface area contributed by atoms with E-state index < -0.39 is 11.7 Å². The fourth-order valence-electron chi connectivity index (χ4n) is 1.56. The fraction of sp³-hybridized carbons (Fsp3) is 0.462. The summed E-state index contributed by atoms with van der Waals surface area (Å²) in [6, 6.07) is 4.89. The molecular weight excluding hydrogens is 257 g/mol. The Balaban J connectivity index is 2.67. The molecule has 0 aliphatic rings. The van der Waals surface area contributed by atoms with Gasteiger partial charge in [-0.05, 0) is 31.0 Å². The second kappa shape index (κ2) is 7.00. The Morgan fingerprint density at radius 1 is 1.32 bits per heavy atom. The van der Waals surface area contributed by atoms with Crippen molar-refractivity contribution in [3.63, 3.8) is 0 Å². The van der Waals surface area contributed by atoms with Crippen molar-refractivity contribution < 1.29 is 17.9 Å². The van der Waals surface area contributed by atoms with Crippen LogP contribution >= 0.6 is 0 Å². The Hall–Kier alpha value is -1.74. The zero-order valence-corrected chi connectivity index (χ0v) is 10.5. The molecule has 19 heavy (non-hydrogen) atoms. The Morgan fingerprint density at radius 3 is 2.63 bits per heavy atom. The second-order valence-corrected chi connectivity index (χ2v) is 4.00. The molecule has 0 saturated heterocycles. The van der Waals surface area contributed by atoms with Crippen molar-refractivity contribution in [2.75, 3.05) is 25.6 Å². The highest BCUT2D eigenvalue weighted by Crippen LogP contribution is 2.31. The van der Waals surface area contributed by atoms with Crippen molar-refractivity contribution >= 4 is 5.69 Å². The third-order valence-corrected chi connectivity index (χ3v) is 2.56. The van der Waals surface area contributed by atoms with Gasteiger partial charge in [-0.2, -0.15) is 18.4 Å². The number of rotatable bonds is 6. The normalized spacial score (nSPS) is 11.1. The van der Waals surface area contributed by atoms with Gasteiger partial charge in [0.2, 0.25) is 0 Å². The average Bonchev–Trinajstić information content (AvgIpc) is 2.37. The first kappa shape index (κ1) is 15.3. The van der Waals surface area contributed by atoms with Gasteiger partial charge in [0.25, 0.3) is 0 Å². The van der Waals surface area contributed by atoms with Gasteiger partial charge in [0.15, 0.2) is 0 Å². The summed E-state index contributed by atoms with van der Waals surface area (Å²) in [5.41, 5.74) is -0.386. The molecule has 0 heterocycles. The molecule has 6 heteroatoms. The molecule has 0 spiro atoms. The van der Waals surface area contributed by atoms with Crippen molar-refractivity contribution in [3.05, 3.63) is 29.3 Å². The minimum atomic E-state index is -4.43. The van der Waals surface area contributed by atoms with E-state index in [9.17, 15) is 13.2 Å². The van der Waals surface area contributed by atoms with Gasteiger partial charge in [-0.1, -0.05) is 0 Å². The molecule has 1 aromatic rings. The summed E-state index contributed by atoms with van der Waals surface area (Å²) in [4.78, 5) is 0. The number of methoxy groups -OCH3 is 1. The maximum atomic E-state index is 12.5. The lowest BCUT2D eigenvalue weighted by molar-refractivity contribution is -0.137. The van der Waals surface area contributed by atoms with Crippen LogP contribution in [-0.2, 0) is 10.9 Å². The van der Waals surface area contributed by atoms with Crippen LogP contribution in [0.15, 0.2) is 18.2 Å². The number of anilines is 1. The molecule has 0 aromatic heterocycles. The Kier molecular flexibility index (Phi) is 5.64. The van der Waals surface area contributed by atoms with Crippen molar-refractivity contribution in [2.45, 2.75) is 19.0 Å². The third-order valence-electron chi connectivity index (χ3n) is 2.56. The lowest BCUT2D eigenvalue weighted by atomic mass is 10.1. The van der Waals surface area contributed by atoms with Gasteiger partial charge in [0.05, 0.1) is 16.8 Å². The van der Waals surface area contributed by atoms with Gasteiger partial charge in [-0.25, -0.2) is 0 Å². The SMILES string of the molecule is COCCCCNc1ccc(C(F)(F)F)cc1C#N. The van der Waals surface area contributed by atoms with Gasteiger partial charge in [-0.3, -0.25) is 0 Å². The van der Waals surface area contributed by atoms with Crippen LogP contribution in [0.4, 0.5) is 18.9 Å². The standard InChI is InChI=1S/C13H15F3N2O/c1-19-7-3-2-6-18-12-5-4-11(13(14,15)16)8-10(12)9-17/h4-5,8,18H,2-3,6-7H2,1H3. The van der Waals surface area contributed by atoms with Crippen LogP contribution in [0.3, 0.4) is 0 Å². The molecule has 0 amide bonds. The minimum absolute atomic E-state index is 0.00145. The van der Waals surface area contributed by atoms with E-state index >= 15 is 0 Å². The smallest absolute Gasteiger partial charge is 0.385 e. The van der Waals surface area contributed by atoms with Crippen LogP contribution in [-0.4, -0.2) is 20.3 Å². The molecule has 0 aliphatic heterocycles. The van der Waals surface area contributed by atoms with Crippen LogP contribution in [0.5, 0.6) is 0 Å². The third kappa shape index (κ3) is 4.79. The van der Waals surface area contributed by atoms with Gasteiger partial charge >= 0.3 is 6.18 Å². The zero-order chi connectivity index (χ0) is 14.3. The van der Waals surface area contributed by atoms with Crippen LogP contribution in [0.2, 0.25) is 0 Å². The minimum Gasteiger partial charge on any atom is -0.385 e. The van der Waals surface area contributed by atoms with Gasteiger partial charge in [0.1, 0.15) is 6.07 Å². The van der Waals surface area contributed by atoms with E-state index in [4.69, 9.17) is 10.00 Å². The van der Waals surface area contributed by atoms with Gasteiger partial charge < -0.3 is 10.1 Å². The number of nitriles is 1.